The first-order valence-corrected chi connectivity index (χ1v) is 10.5. The molecule has 4 aromatic rings. The highest BCUT2D eigenvalue weighted by Gasteiger charge is 2.52. The molecule has 0 unspecified atom stereocenters. The second-order valence-corrected chi connectivity index (χ2v) is 9.54. The lowest BCUT2D eigenvalue weighted by Gasteiger charge is -2.32. The van der Waals surface area contributed by atoms with Gasteiger partial charge in [-0.2, -0.15) is 0 Å². The standard InChI is InChI=1S/C24H23BO2S/c1-23(2)24(3,4)27-25(26-23)20-12-8-11-19-18-14-13-17(15-21(18)28-22(19)20)16-9-6-5-7-10-16/h5-15H,1-4H3. The van der Waals surface area contributed by atoms with E-state index in [1.54, 1.807) is 0 Å². The minimum absolute atomic E-state index is 0.336. The van der Waals surface area contributed by atoms with Crippen molar-refractivity contribution in [1.29, 1.82) is 0 Å². The van der Waals surface area contributed by atoms with E-state index in [0.29, 0.717) is 0 Å². The van der Waals surface area contributed by atoms with Gasteiger partial charge in [-0.1, -0.05) is 60.7 Å². The van der Waals surface area contributed by atoms with Crippen LogP contribution in [0.4, 0.5) is 0 Å². The van der Waals surface area contributed by atoms with Gasteiger partial charge in [0.15, 0.2) is 0 Å². The molecule has 0 bridgehead atoms. The predicted molar refractivity (Wildman–Crippen MR) is 120 cm³/mol. The van der Waals surface area contributed by atoms with E-state index in [2.05, 4.69) is 94.4 Å². The zero-order valence-electron chi connectivity index (χ0n) is 16.7. The molecule has 1 aliphatic heterocycles. The minimum Gasteiger partial charge on any atom is -0.399 e. The fourth-order valence-corrected chi connectivity index (χ4v) is 5.05. The summed E-state index contributed by atoms with van der Waals surface area (Å²) in [5.41, 5.74) is 2.94. The van der Waals surface area contributed by atoms with Crippen molar-refractivity contribution in [2.45, 2.75) is 38.9 Å². The molecule has 28 heavy (non-hydrogen) atoms. The molecule has 0 atom stereocenters. The molecule has 0 radical (unpaired) electrons. The van der Waals surface area contributed by atoms with Crippen molar-refractivity contribution in [2.24, 2.45) is 0 Å². The summed E-state index contributed by atoms with van der Waals surface area (Å²) in [6.07, 6.45) is 0. The third kappa shape index (κ3) is 2.71. The van der Waals surface area contributed by atoms with Crippen LogP contribution in [0.15, 0.2) is 66.7 Å². The Hall–Kier alpha value is -2.14. The second kappa shape index (κ2) is 6.18. The first kappa shape index (κ1) is 17.9. The van der Waals surface area contributed by atoms with Gasteiger partial charge in [0.25, 0.3) is 0 Å². The van der Waals surface area contributed by atoms with E-state index in [-0.39, 0.29) is 18.3 Å². The fourth-order valence-electron chi connectivity index (χ4n) is 3.79. The van der Waals surface area contributed by atoms with Crippen LogP contribution in [0.25, 0.3) is 31.3 Å². The van der Waals surface area contributed by atoms with Gasteiger partial charge in [-0.15, -0.1) is 11.3 Å². The monoisotopic (exact) mass is 386 g/mol. The fraction of sp³-hybridized carbons (Fsp3) is 0.250. The third-order valence-electron chi connectivity index (χ3n) is 6.14. The Labute approximate surface area is 170 Å². The van der Waals surface area contributed by atoms with E-state index in [9.17, 15) is 0 Å². The summed E-state index contributed by atoms with van der Waals surface area (Å²) < 4.78 is 15.2. The Morgan fingerprint density at radius 1 is 0.714 bits per heavy atom. The van der Waals surface area contributed by atoms with Crippen molar-refractivity contribution in [1.82, 2.24) is 0 Å². The van der Waals surface area contributed by atoms with E-state index in [4.69, 9.17) is 9.31 Å². The summed E-state index contributed by atoms with van der Waals surface area (Å²) >= 11 is 1.82. The van der Waals surface area contributed by atoms with Crippen LogP contribution in [0.3, 0.4) is 0 Å². The van der Waals surface area contributed by atoms with Crippen LogP contribution in [0, 0.1) is 0 Å². The number of rotatable bonds is 2. The van der Waals surface area contributed by atoms with Crippen LogP contribution < -0.4 is 5.46 Å². The number of fused-ring (bicyclic) bond motifs is 3. The van der Waals surface area contributed by atoms with E-state index in [0.717, 1.165) is 5.46 Å². The Morgan fingerprint density at radius 3 is 2.14 bits per heavy atom. The molecule has 5 rings (SSSR count). The van der Waals surface area contributed by atoms with Crippen molar-refractivity contribution in [3.05, 3.63) is 66.7 Å². The van der Waals surface area contributed by atoms with Gasteiger partial charge in [0, 0.05) is 20.2 Å². The maximum atomic E-state index is 6.33. The SMILES string of the molecule is CC1(C)OB(c2cccc3c2sc2cc(-c4ccccc4)ccc23)OC1(C)C. The van der Waals surface area contributed by atoms with Crippen molar-refractivity contribution in [3.63, 3.8) is 0 Å². The van der Waals surface area contributed by atoms with Gasteiger partial charge in [0.2, 0.25) is 0 Å². The van der Waals surface area contributed by atoms with Crippen molar-refractivity contribution < 1.29 is 9.31 Å². The van der Waals surface area contributed by atoms with E-state index in [1.807, 2.05) is 11.3 Å². The topological polar surface area (TPSA) is 18.5 Å². The maximum absolute atomic E-state index is 6.33. The minimum atomic E-state index is -0.338. The summed E-state index contributed by atoms with van der Waals surface area (Å²) in [6, 6.07) is 23.7. The average Bonchev–Trinajstić information content (AvgIpc) is 3.15. The van der Waals surface area contributed by atoms with Crippen LogP contribution in [0.2, 0.25) is 0 Å². The molecule has 2 nitrogen and oxygen atoms in total. The Balaban J connectivity index is 1.65. The molecule has 3 aromatic carbocycles. The van der Waals surface area contributed by atoms with E-state index >= 15 is 0 Å². The molecule has 0 saturated carbocycles. The Bertz CT molecular complexity index is 1160. The van der Waals surface area contributed by atoms with Crippen molar-refractivity contribution in [2.75, 3.05) is 0 Å². The highest BCUT2D eigenvalue weighted by atomic mass is 32.1. The van der Waals surface area contributed by atoms with Crippen LogP contribution in [0.5, 0.6) is 0 Å². The molecule has 0 aliphatic carbocycles. The molecule has 4 heteroatoms. The first-order valence-electron chi connectivity index (χ1n) is 9.72. The normalized spacial score (nSPS) is 18.2. The highest BCUT2D eigenvalue weighted by Crippen LogP contribution is 2.39. The van der Waals surface area contributed by atoms with Crippen molar-refractivity contribution >= 4 is 44.1 Å². The molecule has 2 heterocycles. The number of benzene rings is 3. The lowest BCUT2D eigenvalue weighted by Crippen LogP contribution is -2.41. The average molecular weight is 386 g/mol. The van der Waals surface area contributed by atoms with Crippen LogP contribution in [-0.4, -0.2) is 18.3 Å². The molecule has 0 spiro atoms. The summed E-state index contributed by atoms with van der Waals surface area (Å²) in [4.78, 5) is 0. The Kier molecular flexibility index (Phi) is 3.96. The maximum Gasteiger partial charge on any atom is 0.496 e. The lowest BCUT2D eigenvalue weighted by molar-refractivity contribution is 0.00578. The molecule has 1 aromatic heterocycles. The number of hydrogen-bond donors (Lipinski definition) is 0. The molecular formula is C24H23BO2S. The first-order chi connectivity index (χ1) is 13.4. The molecular weight excluding hydrogens is 363 g/mol. The highest BCUT2D eigenvalue weighted by molar-refractivity contribution is 7.27. The van der Waals surface area contributed by atoms with Gasteiger partial charge >= 0.3 is 7.12 Å². The van der Waals surface area contributed by atoms with Crippen LogP contribution >= 0.6 is 11.3 Å². The van der Waals surface area contributed by atoms with E-state index in [1.165, 1.54) is 31.3 Å². The molecule has 140 valence electrons. The van der Waals surface area contributed by atoms with E-state index < -0.39 is 0 Å². The summed E-state index contributed by atoms with van der Waals surface area (Å²) in [6.45, 7) is 8.41. The number of thiophene rings is 1. The summed E-state index contributed by atoms with van der Waals surface area (Å²) in [5, 5.41) is 2.56. The molecule has 1 aliphatic rings. The third-order valence-corrected chi connectivity index (χ3v) is 7.36. The van der Waals surface area contributed by atoms with Gasteiger partial charge in [-0.3, -0.25) is 0 Å². The Morgan fingerprint density at radius 2 is 1.43 bits per heavy atom. The largest absolute Gasteiger partial charge is 0.496 e. The van der Waals surface area contributed by atoms with Gasteiger partial charge in [-0.05, 0) is 50.3 Å². The smallest absolute Gasteiger partial charge is 0.399 e. The molecule has 1 saturated heterocycles. The van der Waals surface area contributed by atoms with Gasteiger partial charge < -0.3 is 9.31 Å². The summed E-state index contributed by atoms with van der Waals surface area (Å²) in [7, 11) is -0.338. The molecule has 0 N–H and O–H groups in total. The zero-order valence-corrected chi connectivity index (χ0v) is 17.5. The van der Waals surface area contributed by atoms with Crippen molar-refractivity contribution in [3.8, 4) is 11.1 Å². The zero-order chi connectivity index (χ0) is 19.5. The lowest BCUT2D eigenvalue weighted by atomic mass is 9.78. The summed E-state index contributed by atoms with van der Waals surface area (Å²) in [5.74, 6) is 0. The van der Waals surface area contributed by atoms with Gasteiger partial charge in [0.1, 0.15) is 0 Å². The quantitative estimate of drug-likeness (QED) is 0.392. The van der Waals surface area contributed by atoms with Gasteiger partial charge in [0.05, 0.1) is 11.2 Å². The molecule has 0 amide bonds. The number of hydrogen-bond acceptors (Lipinski definition) is 3. The second-order valence-electron chi connectivity index (χ2n) is 8.49. The van der Waals surface area contributed by atoms with Gasteiger partial charge in [-0.25, -0.2) is 0 Å². The van der Waals surface area contributed by atoms with Crippen LogP contribution in [0.1, 0.15) is 27.7 Å². The predicted octanol–water partition coefficient (Wildman–Crippen LogP) is 6.02. The van der Waals surface area contributed by atoms with Crippen LogP contribution in [-0.2, 0) is 9.31 Å². The molecule has 1 fully saturated rings.